The molecule has 12 rings (SSSR count). The molecule has 0 spiro atoms. The number of furan rings is 1. The van der Waals surface area contributed by atoms with Crippen molar-refractivity contribution in [2.75, 3.05) is 4.90 Å². The van der Waals surface area contributed by atoms with Crippen molar-refractivity contribution in [2.24, 2.45) is 0 Å². The molecule has 2 heteroatoms. The first kappa shape index (κ1) is 33.7. The second-order valence-electron chi connectivity index (χ2n) is 16.4. The Bertz CT molecular complexity index is 3460. The predicted octanol–water partition coefficient (Wildman–Crippen LogP) is 16.2. The summed E-state index contributed by atoms with van der Waals surface area (Å²) in [5.41, 5.74) is 14.7. The molecule has 0 bridgehead atoms. The Morgan fingerprint density at radius 1 is 0.407 bits per heavy atom. The van der Waals surface area contributed by atoms with Crippen molar-refractivity contribution in [3.8, 4) is 33.4 Å². The monoisotopic (exact) mass is 753 g/mol. The molecule has 0 unspecified atom stereocenters. The lowest BCUT2D eigenvalue weighted by Gasteiger charge is -2.38. The smallest absolute Gasteiger partial charge is 0.159 e. The maximum Gasteiger partial charge on any atom is 0.159 e. The first-order chi connectivity index (χ1) is 29.0. The van der Waals surface area contributed by atoms with Crippen molar-refractivity contribution in [1.29, 1.82) is 0 Å². The highest BCUT2D eigenvalue weighted by molar-refractivity contribution is 6.16. The molecule has 10 aromatic carbocycles. The third kappa shape index (κ3) is 5.06. The molecular formula is C57H39NO. The zero-order valence-electron chi connectivity index (χ0n) is 32.9. The van der Waals surface area contributed by atoms with Crippen LogP contribution in [-0.4, -0.2) is 0 Å². The molecule has 11 aromatic rings. The van der Waals surface area contributed by atoms with Crippen LogP contribution < -0.4 is 4.90 Å². The second kappa shape index (κ2) is 12.8. The van der Waals surface area contributed by atoms with Gasteiger partial charge < -0.3 is 9.32 Å². The molecule has 0 saturated heterocycles. The topological polar surface area (TPSA) is 16.4 Å². The van der Waals surface area contributed by atoms with Crippen molar-refractivity contribution in [3.05, 3.63) is 211 Å². The fraction of sp³-hybridized carbons (Fsp3) is 0.0526. The van der Waals surface area contributed by atoms with E-state index in [1.807, 2.05) is 0 Å². The molecule has 1 aromatic heterocycles. The van der Waals surface area contributed by atoms with Crippen molar-refractivity contribution in [3.63, 3.8) is 0 Å². The average Bonchev–Trinajstić information content (AvgIpc) is 3.68. The number of benzene rings is 10. The standard InChI is InChI=1S/C57H39NO/c1-57(2)49-32-28-40(47-34-39-16-6-7-18-42(39)43-19-8-9-20-44(43)47)35-48(49)55-51(33-29-38-17-12-23-50(57)54(38)55)58(41-30-26-37(27-31-41)36-14-4-3-5-15-36)52-24-13-22-46-45-21-10-11-25-53(45)59-56(46)52/h3-35H,1-2H3. The van der Waals surface area contributed by atoms with Crippen LogP contribution in [0.2, 0.25) is 0 Å². The average molecular weight is 754 g/mol. The Hall–Kier alpha value is -7.42. The number of nitrogens with zero attached hydrogens (tertiary/aromatic N) is 1. The summed E-state index contributed by atoms with van der Waals surface area (Å²) < 4.78 is 6.81. The molecule has 0 atom stereocenters. The summed E-state index contributed by atoms with van der Waals surface area (Å²) in [6.07, 6.45) is 0. The molecule has 0 radical (unpaired) electrons. The molecule has 1 aliphatic rings. The third-order valence-electron chi connectivity index (χ3n) is 12.8. The first-order valence-corrected chi connectivity index (χ1v) is 20.5. The minimum absolute atomic E-state index is 0.231. The van der Waals surface area contributed by atoms with E-state index in [-0.39, 0.29) is 5.41 Å². The van der Waals surface area contributed by atoms with Crippen LogP contribution in [-0.2, 0) is 5.41 Å². The summed E-state index contributed by atoms with van der Waals surface area (Å²) in [5.74, 6) is 0. The molecule has 0 N–H and O–H groups in total. The Morgan fingerprint density at radius 3 is 1.92 bits per heavy atom. The minimum atomic E-state index is -0.231. The summed E-state index contributed by atoms with van der Waals surface area (Å²) in [5, 5.41) is 9.81. The number of rotatable bonds is 5. The zero-order chi connectivity index (χ0) is 39.2. The Labute approximate surface area is 343 Å². The van der Waals surface area contributed by atoms with Crippen molar-refractivity contribution in [1.82, 2.24) is 0 Å². The molecule has 0 amide bonds. The number of fused-ring (bicyclic) bond motifs is 8. The molecule has 1 heterocycles. The van der Waals surface area contributed by atoms with Gasteiger partial charge in [0.25, 0.3) is 0 Å². The lowest BCUT2D eigenvalue weighted by Crippen LogP contribution is -2.24. The van der Waals surface area contributed by atoms with E-state index in [1.54, 1.807) is 0 Å². The highest BCUT2D eigenvalue weighted by Gasteiger charge is 2.36. The van der Waals surface area contributed by atoms with Gasteiger partial charge in [0.1, 0.15) is 5.58 Å². The molecule has 2 nitrogen and oxygen atoms in total. The maximum atomic E-state index is 6.81. The maximum absolute atomic E-state index is 6.81. The van der Waals surface area contributed by atoms with Crippen LogP contribution >= 0.6 is 0 Å². The van der Waals surface area contributed by atoms with Crippen LogP contribution in [0.5, 0.6) is 0 Å². The summed E-state index contributed by atoms with van der Waals surface area (Å²) >= 11 is 0. The lowest BCUT2D eigenvalue weighted by molar-refractivity contribution is 0.645. The van der Waals surface area contributed by atoms with Crippen LogP contribution in [0, 0.1) is 0 Å². The minimum Gasteiger partial charge on any atom is -0.454 e. The van der Waals surface area contributed by atoms with E-state index in [0.29, 0.717) is 0 Å². The summed E-state index contributed by atoms with van der Waals surface area (Å²) in [6, 6.07) is 73.2. The summed E-state index contributed by atoms with van der Waals surface area (Å²) in [4.78, 5) is 2.44. The van der Waals surface area contributed by atoms with Crippen LogP contribution in [0.25, 0.3) is 87.6 Å². The number of hydrogen-bond acceptors (Lipinski definition) is 2. The molecule has 278 valence electrons. The Morgan fingerprint density at radius 2 is 1.07 bits per heavy atom. The van der Waals surface area contributed by atoms with Gasteiger partial charge in [-0.05, 0) is 114 Å². The van der Waals surface area contributed by atoms with E-state index < -0.39 is 0 Å². The molecule has 0 aliphatic heterocycles. The SMILES string of the molecule is CC1(C)c2ccc(-c3cc4ccccc4c4ccccc34)cc2-c2c(N(c3ccc(-c4ccccc4)cc3)c3cccc4c3oc3ccccc34)ccc3cccc1c23. The number of hydrogen-bond donors (Lipinski definition) is 0. The normalized spacial score (nSPS) is 13.1. The van der Waals surface area contributed by atoms with Gasteiger partial charge >= 0.3 is 0 Å². The largest absolute Gasteiger partial charge is 0.454 e. The van der Waals surface area contributed by atoms with Gasteiger partial charge in [-0.25, -0.2) is 0 Å². The van der Waals surface area contributed by atoms with E-state index >= 15 is 0 Å². The van der Waals surface area contributed by atoms with Crippen LogP contribution in [0.15, 0.2) is 205 Å². The summed E-state index contributed by atoms with van der Waals surface area (Å²) in [7, 11) is 0. The van der Waals surface area contributed by atoms with Gasteiger partial charge in [-0.2, -0.15) is 0 Å². The molecule has 0 saturated carbocycles. The van der Waals surface area contributed by atoms with Gasteiger partial charge in [-0.3, -0.25) is 0 Å². The third-order valence-corrected chi connectivity index (χ3v) is 12.8. The second-order valence-corrected chi connectivity index (χ2v) is 16.4. The van der Waals surface area contributed by atoms with Gasteiger partial charge in [0, 0.05) is 27.4 Å². The summed E-state index contributed by atoms with van der Waals surface area (Å²) in [6.45, 7) is 4.77. The van der Waals surface area contributed by atoms with Gasteiger partial charge in [0.15, 0.2) is 5.58 Å². The van der Waals surface area contributed by atoms with Crippen molar-refractivity contribution < 1.29 is 4.42 Å². The molecular weight excluding hydrogens is 715 g/mol. The number of anilines is 3. The molecule has 1 aliphatic carbocycles. The number of para-hydroxylation sites is 2. The van der Waals surface area contributed by atoms with Gasteiger partial charge in [-0.15, -0.1) is 0 Å². The van der Waals surface area contributed by atoms with Gasteiger partial charge in [-0.1, -0.05) is 172 Å². The predicted molar refractivity (Wildman–Crippen MR) is 249 cm³/mol. The Kier molecular flexibility index (Phi) is 7.31. The highest BCUT2D eigenvalue weighted by atomic mass is 16.3. The first-order valence-electron chi connectivity index (χ1n) is 20.5. The van der Waals surface area contributed by atoms with E-state index in [0.717, 1.165) is 39.0 Å². The van der Waals surface area contributed by atoms with Crippen LogP contribution in [0.1, 0.15) is 25.0 Å². The Balaban J connectivity index is 1.16. The van der Waals surface area contributed by atoms with E-state index in [2.05, 4.69) is 219 Å². The van der Waals surface area contributed by atoms with E-state index in [9.17, 15) is 0 Å². The van der Waals surface area contributed by atoms with Crippen LogP contribution in [0.4, 0.5) is 17.1 Å². The highest BCUT2D eigenvalue weighted by Crippen LogP contribution is 2.55. The van der Waals surface area contributed by atoms with Gasteiger partial charge in [0.2, 0.25) is 0 Å². The van der Waals surface area contributed by atoms with Crippen LogP contribution in [0.3, 0.4) is 0 Å². The van der Waals surface area contributed by atoms with E-state index in [4.69, 9.17) is 4.42 Å². The zero-order valence-corrected chi connectivity index (χ0v) is 32.9. The fourth-order valence-electron chi connectivity index (χ4n) is 10.00. The van der Waals surface area contributed by atoms with Gasteiger partial charge in [0.05, 0.1) is 11.4 Å². The van der Waals surface area contributed by atoms with Crippen molar-refractivity contribution in [2.45, 2.75) is 19.3 Å². The molecule has 0 fully saturated rings. The lowest BCUT2D eigenvalue weighted by atomic mass is 9.67. The van der Waals surface area contributed by atoms with Crippen molar-refractivity contribution >= 4 is 71.3 Å². The quantitative estimate of drug-likeness (QED) is 0.163. The molecule has 59 heavy (non-hydrogen) atoms. The fourth-order valence-corrected chi connectivity index (χ4v) is 10.00. The van der Waals surface area contributed by atoms with E-state index in [1.165, 1.54) is 76.8 Å².